The van der Waals surface area contributed by atoms with Crippen LogP contribution in [0.25, 0.3) is 0 Å². The first-order valence-electron chi connectivity index (χ1n) is 8.19. The number of hydrogen-bond acceptors (Lipinski definition) is 5. The van der Waals surface area contributed by atoms with Crippen LogP contribution in [0.5, 0.6) is 0 Å². The molecule has 3 atom stereocenters. The topological polar surface area (TPSA) is 49.8 Å². The number of nitrogens with one attached hydrogen (secondary N) is 2. The maximum Gasteiger partial charge on any atom is 0.205 e. The number of aromatic nitrogens is 2. The summed E-state index contributed by atoms with van der Waals surface area (Å²) < 4.78 is 0. The van der Waals surface area contributed by atoms with Crippen molar-refractivity contribution in [2.45, 2.75) is 70.4 Å². The van der Waals surface area contributed by atoms with E-state index in [-0.39, 0.29) is 0 Å². The lowest BCUT2D eigenvalue weighted by atomic mass is 9.77. The van der Waals surface area contributed by atoms with E-state index in [0.29, 0.717) is 12.1 Å². The molecule has 1 saturated heterocycles. The zero-order chi connectivity index (χ0) is 13.8. The SMILES string of the molecule is CCc1nnc(NC2CCCCC2C2CCCCN2)s1. The van der Waals surface area contributed by atoms with Crippen molar-refractivity contribution in [3.8, 4) is 0 Å². The Hall–Kier alpha value is -0.680. The van der Waals surface area contributed by atoms with Crippen molar-refractivity contribution in [3.05, 3.63) is 5.01 Å². The molecule has 2 N–H and O–H groups in total. The van der Waals surface area contributed by atoms with Gasteiger partial charge >= 0.3 is 0 Å². The average Bonchev–Trinajstić information content (AvgIpc) is 2.96. The molecule has 1 aromatic heterocycles. The molecule has 1 aliphatic heterocycles. The molecule has 4 nitrogen and oxygen atoms in total. The van der Waals surface area contributed by atoms with E-state index in [0.717, 1.165) is 22.5 Å². The smallest absolute Gasteiger partial charge is 0.205 e. The Balaban J connectivity index is 1.65. The summed E-state index contributed by atoms with van der Waals surface area (Å²) in [5, 5.41) is 18.1. The van der Waals surface area contributed by atoms with Gasteiger partial charge in [0.05, 0.1) is 0 Å². The summed E-state index contributed by atoms with van der Waals surface area (Å²) in [7, 11) is 0. The van der Waals surface area contributed by atoms with E-state index in [1.165, 1.54) is 51.5 Å². The zero-order valence-corrected chi connectivity index (χ0v) is 13.2. The van der Waals surface area contributed by atoms with Gasteiger partial charge in [0.25, 0.3) is 0 Å². The molecule has 1 saturated carbocycles. The van der Waals surface area contributed by atoms with E-state index in [1.807, 2.05) is 0 Å². The van der Waals surface area contributed by atoms with Crippen molar-refractivity contribution in [2.24, 2.45) is 5.92 Å². The molecule has 0 amide bonds. The van der Waals surface area contributed by atoms with Gasteiger partial charge in [-0.3, -0.25) is 0 Å². The second kappa shape index (κ2) is 6.85. The monoisotopic (exact) mass is 294 g/mol. The average molecular weight is 294 g/mol. The highest BCUT2D eigenvalue weighted by molar-refractivity contribution is 7.15. The van der Waals surface area contributed by atoms with Crippen LogP contribution in [0.15, 0.2) is 0 Å². The Kier molecular flexibility index (Phi) is 4.89. The van der Waals surface area contributed by atoms with Gasteiger partial charge in [0.2, 0.25) is 5.13 Å². The minimum atomic E-state index is 0.581. The fourth-order valence-corrected chi connectivity index (χ4v) is 4.42. The normalized spacial score (nSPS) is 31.1. The molecule has 3 unspecified atom stereocenters. The number of hydrogen-bond donors (Lipinski definition) is 2. The van der Waals surface area contributed by atoms with Gasteiger partial charge < -0.3 is 10.6 Å². The molecule has 2 fully saturated rings. The van der Waals surface area contributed by atoms with Crippen LogP contribution >= 0.6 is 11.3 Å². The van der Waals surface area contributed by atoms with E-state index in [1.54, 1.807) is 11.3 Å². The third-order valence-electron chi connectivity index (χ3n) is 4.76. The Morgan fingerprint density at radius 2 is 2.00 bits per heavy atom. The summed E-state index contributed by atoms with van der Waals surface area (Å²) in [5.74, 6) is 0.762. The number of piperidine rings is 1. The molecule has 0 aromatic carbocycles. The number of aryl methyl sites for hydroxylation is 1. The molecule has 2 aliphatic rings. The second-order valence-electron chi connectivity index (χ2n) is 6.11. The molecule has 0 spiro atoms. The molecule has 3 rings (SSSR count). The predicted molar refractivity (Wildman–Crippen MR) is 84.3 cm³/mol. The van der Waals surface area contributed by atoms with Crippen LogP contribution < -0.4 is 10.6 Å². The molecule has 5 heteroatoms. The molecule has 2 heterocycles. The van der Waals surface area contributed by atoms with Gasteiger partial charge in [0, 0.05) is 12.1 Å². The molecule has 112 valence electrons. The largest absolute Gasteiger partial charge is 0.357 e. The maximum atomic E-state index is 4.30. The fourth-order valence-electron chi connectivity index (χ4n) is 3.68. The van der Waals surface area contributed by atoms with Crippen LogP contribution in [-0.2, 0) is 6.42 Å². The summed E-state index contributed by atoms with van der Waals surface area (Å²) in [6.45, 7) is 3.34. The molecule has 1 aromatic rings. The van der Waals surface area contributed by atoms with Crippen molar-refractivity contribution in [2.75, 3.05) is 11.9 Å². The predicted octanol–water partition coefficient (Wildman–Crippen LogP) is 3.21. The minimum Gasteiger partial charge on any atom is -0.357 e. The van der Waals surface area contributed by atoms with Crippen LogP contribution in [-0.4, -0.2) is 28.8 Å². The van der Waals surface area contributed by atoms with Gasteiger partial charge in [-0.2, -0.15) is 0 Å². The standard InChI is InChI=1S/C15H26N4S/c1-2-14-18-19-15(20-14)17-13-9-4-3-7-11(13)12-8-5-6-10-16-12/h11-13,16H,2-10H2,1H3,(H,17,19). The van der Waals surface area contributed by atoms with Gasteiger partial charge in [-0.15, -0.1) is 10.2 Å². The second-order valence-corrected chi connectivity index (χ2v) is 7.17. The van der Waals surface area contributed by atoms with E-state index in [4.69, 9.17) is 0 Å². The van der Waals surface area contributed by atoms with Crippen LogP contribution in [0.4, 0.5) is 5.13 Å². The Morgan fingerprint density at radius 1 is 1.15 bits per heavy atom. The zero-order valence-electron chi connectivity index (χ0n) is 12.4. The van der Waals surface area contributed by atoms with Crippen molar-refractivity contribution in [1.82, 2.24) is 15.5 Å². The Morgan fingerprint density at radius 3 is 2.75 bits per heavy atom. The van der Waals surface area contributed by atoms with Crippen molar-refractivity contribution >= 4 is 16.5 Å². The summed E-state index contributed by atoms with van der Waals surface area (Å²) in [6.07, 6.45) is 10.4. The summed E-state index contributed by atoms with van der Waals surface area (Å²) in [5.41, 5.74) is 0. The summed E-state index contributed by atoms with van der Waals surface area (Å²) >= 11 is 1.72. The van der Waals surface area contributed by atoms with Crippen LogP contribution in [0.1, 0.15) is 56.9 Å². The van der Waals surface area contributed by atoms with Crippen LogP contribution in [0.3, 0.4) is 0 Å². The van der Waals surface area contributed by atoms with Crippen LogP contribution in [0, 0.1) is 5.92 Å². The number of rotatable bonds is 4. The Bertz CT molecular complexity index is 414. The third kappa shape index (κ3) is 3.31. The van der Waals surface area contributed by atoms with Gasteiger partial charge in [0.15, 0.2) is 0 Å². The fraction of sp³-hybridized carbons (Fsp3) is 0.867. The van der Waals surface area contributed by atoms with Gasteiger partial charge in [-0.1, -0.05) is 37.5 Å². The first-order valence-corrected chi connectivity index (χ1v) is 9.00. The summed E-state index contributed by atoms with van der Waals surface area (Å²) in [4.78, 5) is 0. The van der Waals surface area contributed by atoms with Crippen molar-refractivity contribution < 1.29 is 0 Å². The molecule has 1 aliphatic carbocycles. The lowest BCUT2D eigenvalue weighted by Gasteiger charge is -2.39. The lowest BCUT2D eigenvalue weighted by molar-refractivity contribution is 0.217. The summed E-state index contributed by atoms with van der Waals surface area (Å²) in [6, 6.07) is 1.29. The van der Waals surface area contributed by atoms with Gasteiger partial charge in [0.1, 0.15) is 5.01 Å². The minimum absolute atomic E-state index is 0.581. The lowest BCUT2D eigenvalue weighted by Crippen LogP contribution is -2.48. The van der Waals surface area contributed by atoms with E-state index >= 15 is 0 Å². The first kappa shape index (κ1) is 14.3. The first-order chi connectivity index (χ1) is 9.86. The van der Waals surface area contributed by atoms with E-state index in [9.17, 15) is 0 Å². The van der Waals surface area contributed by atoms with Crippen molar-refractivity contribution in [3.63, 3.8) is 0 Å². The highest BCUT2D eigenvalue weighted by Gasteiger charge is 2.32. The van der Waals surface area contributed by atoms with Crippen LogP contribution in [0.2, 0.25) is 0 Å². The highest BCUT2D eigenvalue weighted by Crippen LogP contribution is 2.33. The van der Waals surface area contributed by atoms with Gasteiger partial charge in [-0.05, 0) is 44.6 Å². The highest BCUT2D eigenvalue weighted by atomic mass is 32.1. The number of anilines is 1. The third-order valence-corrected chi connectivity index (χ3v) is 5.76. The maximum absolute atomic E-state index is 4.30. The Labute approximate surface area is 125 Å². The van der Waals surface area contributed by atoms with Crippen molar-refractivity contribution in [1.29, 1.82) is 0 Å². The quantitative estimate of drug-likeness (QED) is 0.895. The van der Waals surface area contributed by atoms with E-state index < -0.39 is 0 Å². The van der Waals surface area contributed by atoms with Gasteiger partial charge in [-0.25, -0.2) is 0 Å². The molecule has 0 bridgehead atoms. The number of nitrogens with zero attached hydrogens (tertiary/aromatic N) is 2. The molecule has 20 heavy (non-hydrogen) atoms. The van der Waals surface area contributed by atoms with E-state index in [2.05, 4.69) is 27.8 Å². The molecule has 0 radical (unpaired) electrons. The molecular formula is C15H26N4S. The molecular weight excluding hydrogens is 268 g/mol.